The SMILES string of the molecule is O=S(=O)(OCC12CC3(COS(=O)(=O)C(F)(F)F)CC(COS(=O)(=O)C(F)(F)F)(C1)CC(c1ccc(Br)cc1)(C2)C3)C(F)(F)F. The van der Waals surface area contributed by atoms with Crippen LogP contribution in [0.2, 0.25) is 0 Å². The molecule has 22 heteroatoms. The second kappa shape index (κ2) is 10.7. The molecule has 0 amide bonds. The van der Waals surface area contributed by atoms with Crippen LogP contribution in [-0.4, -0.2) is 61.6 Å². The fourth-order valence-corrected chi connectivity index (χ4v) is 9.55. The Morgan fingerprint density at radius 3 is 1.07 bits per heavy atom. The zero-order valence-corrected chi connectivity index (χ0v) is 25.9. The maximum Gasteiger partial charge on any atom is 0.523 e. The van der Waals surface area contributed by atoms with Crippen molar-refractivity contribution in [2.75, 3.05) is 19.8 Å². The van der Waals surface area contributed by atoms with E-state index in [0.29, 0.717) is 10.0 Å². The lowest BCUT2D eigenvalue weighted by molar-refractivity contribution is -0.202. The first-order chi connectivity index (χ1) is 19.6. The van der Waals surface area contributed by atoms with Crippen LogP contribution in [0.5, 0.6) is 0 Å². The summed E-state index contributed by atoms with van der Waals surface area (Å²) in [6.45, 7) is -3.77. The van der Waals surface area contributed by atoms with E-state index < -0.39 is 108 Å². The van der Waals surface area contributed by atoms with E-state index in [-0.39, 0.29) is 19.3 Å². The molecule has 9 nitrogen and oxygen atoms in total. The van der Waals surface area contributed by atoms with Crippen molar-refractivity contribution in [3.05, 3.63) is 34.3 Å². The zero-order valence-electron chi connectivity index (χ0n) is 21.9. The molecule has 0 atom stereocenters. The second-order valence-corrected chi connectivity index (χ2v) is 17.6. The van der Waals surface area contributed by atoms with Crippen LogP contribution in [0.25, 0.3) is 0 Å². The van der Waals surface area contributed by atoms with Gasteiger partial charge in [0.2, 0.25) is 0 Å². The molecule has 0 N–H and O–H groups in total. The molecule has 4 fully saturated rings. The predicted octanol–water partition coefficient (Wildman–Crippen LogP) is 5.63. The van der Waals surface area contributed by atoms with E-state index in [9.17, 15) is 64.8 Å². The molecule has 4 aliphatic rings. The lowest BCUT2D eigenvalue weighted by Gasteiger charge is -2.70. The Bertz CT molecular complexity index is 1440. The maximum absolute atomic E-state index is 13.1. The van der Waals surface area contributed by atoms with Gasteiger partial charge >= 0.3 is 46.9 Å². The summed E-state index contributed by atoms with van der Waals surface area (Å²) >= 11 is 3.20. The molecule has 252 valence electrons. The molecule has 1 aromatic rings. The fourth-order valence-electron chi connectivity index (χ4n) is 7.67. The molecule has 0 unspecified atom stereocenters. The van der Waals surface area contributed by atoms with E-state index in [0.717, 1.165) is 0 Å². The number of hydrogen-bond acceptors (Lipinski definition) is 9. The van der Waals surface area contributed by atoms with Gasteiger partial charge in [-0.05, 0) is 77.9 Å². The molecule has 4 bridgehead atoms. The largest absolute Gasteiger partial charge is 0.523 e. The van der Waals surface area contributed by atoms with Crippen LogP contribution in [-0.2, 0) is 48.3 Å². The first-order valence-corrected chi connectivity index (χ1v) is 17.3. The van der Waals surface area contributed by atoms with Crippen LogP contribution in [0.1, 0.15) is 44.1 Å². The van der Waals surface area contributed by atoms with Crippen molar-refractivity contribution in [1.29, 1.82) is 0 Å². The highest BCUT2D eigenvalue weighted by molar-refractivity contribution is 9.10. The van der Waals surface area contributed by atoms with Gasteiger partial charge in [-0.2, -0.15) is 64.8 Å². The Morgan fingerprint density at radius 1 is 0.545 bits per heavy atom. The first kappa shape index (κ1) is 35.7. The van der Waals surface area contributed by atoms with Crippen molar-refractivity contribution in [1.82, 2.24) is 0 Å². The third-order valence-electron chi connectivity index (χ3n) is 8.26. The third-order valence-corrected chi connectivity index (χ3v) is 11.8. The Balaban J connectivity index is 1.86. The Morgan fingerprint density at radius 2 is 0.818 bits per heavy atom. The fraction of sp³-hybridized carbons (Fsp3) is 0.727. The monoisotopic (exact) mass is 776 g/mol. The minimum atomic E-state index is -6.24. The molecule has 0 radical (unpaired) electrons. The summed E-state index contributed by atoms with van der Waals surface area (Å²) in [4.78, 5) is 0. The van der Waals surface area contributed by atoms with Crippen LogP contribution >= 0.6 is 15.9 Å². The van der Waals surface area contributed by atoms with E-state index in [1.807, 2.05) is 0 Å². The van der Waals surface area contributed by atoms with Crippen molar-refractivity contribution < 1.29 is 77.3 Å². The zero-order chi connectivity index (χ0) is 33.5. The van der Waals surface area contributed by atoms with Crippen LogP contribution < -0.4 is 0 Å². The van der Waals surface area contributed by atoms with Gasteiger partial charge in [0.1, 0.15) is 0 Å². The van der Waals surface area contributed by atoms with Crippen molar-refractivity contribution >= 4 is 46.3 Å². The summed E-state index contributed by atoms with van der Waals surface area (Å²) in [5.41, 5.74) is -23.9. The standard InChI is InChI=1S/C22H22BrF9O9S3/c23-15-3-1-14(2-4-15)19-8-16(11-39-42(33,34)20(24,25)26)5-17(9-19,12-40-43(35,36)21(27,28)29)7-18(6-16,10-19)13-41-44(37,38)22(30,31)32/h1-4H,5-13H2. The van der Waals surface area contributed by atoms with E-state index in [1.165, 1.54) is 24.3 Å². The minimum absolute atomic E-state index is 0.198. The lowest BCUT2D eigenvalue weighted by Crippen LogP contribution is -2.66. The topological polar surface area (TPSA) is 130 Å². The quantitative estimate of drug-likeness (QED) is 0.169. The van der Waals surface area contributed by atoms with Gasteiger partial charge < -0.3 is 0 Å². The van der Waals surface area contributed by atoms with Crippen molar-refractivity contribution in [2.45, 2.75) is 60.5 Å². The molecule has 0 heterocycles. The highest BCUT2D eigenvalue weighted by atomic mass is 79.9. The first-order valence-electron chi connectivity index (χ1n) is 12.2. The van der Waals surface area contributed by atoms with E-state index in [2.05, 4.69) is 28.5 Å². The van der Waals surface area contributed by atoms with Crippen LogP contribution in [0.3, 0.4) is 0 Å². The number of alkyl halides is 9. The summed E-state index contributed by atoms with van der Waals surface area (Å²) in [5.74, 6) is 0. The van der Waals surface area contributed by atoms with Gasteiger partial charge in [0.05, 0.1) is 19.8 Å². The molecule has 5 rings (SSSR count). The Kier molecular flexibility index (Phi) is 8.64. The molecule has 0 aromatic heterocycles. The molecular formula is C22H22BrF9O9S3. The van der Waals surface area contributed by atoms with Crippen molar-refractivity contribution in [3.63, 3.8) is 0 Å². The highest BCUT2D eigenvalue weighted by Crippen LogP contribution is 2.74. The molecule has 4 aliphatic carbocycles. The molecule has 1 aromatic carbocycles. The van der Waals surface area contributed by atoms with E-state index in [4.69, 9.17) is 0 Å². The van der Waals surface area contributed by atoms with Gasteiger partial charge in [0.25, 0.3) is 0 Å². The predicted molar refractivity (Wildman–Crippen MR) is 134 cm³/mol. The van der Waals surface area contributed by atoms with E-state index >= 15 is 0 Å². The van der Waals surface area contributed by atoms with Gasteiger partial charge in [-0.3, -0.25) is 12.5 Å². The van der Waals surface area contributed by atoms with Crippen molar-refractivity contribution in [3.8, 4) is 0 Å². The molecule has 0 saturated heterocycles. The van der Waals surface area contributed by atoms with Crippen molar-refractivity contribution in [2.24, 2.45) is 16.2 Å². The van der Waals surface area contributed by atoms with Gasteiger partial charge in [-0.25, -0.2) is 0 Å². The number of rotatable bonds is 10. The molecule has 44 heavy (non-hydrogen) atoms. The van der Waals surface area contributed by atoms with Gasteiger partial charge in [-0.1, -0.05) is 28.1 Å². The summed E-state index contributed by atoms with van der Waals surface area (Å²) in [6.07, 6.45) is -1.99. The van der Waals surface area contributed by atoms with Crippen LogP contribution in [0.15, 0.2) is 28.7 Å². The maximum atomic E-state index is 13.1. The minimum Gasteiger partial charge on any atom is -0.263 e. The normalized spacial score (nSPS) is 31.4. The van der Waals surface area contributed by atoms with Gasteiger partial charge in [0.15, 0.2) is 0 Å². The Hall–Kier alpha value is -1.20. The van der Waals surface area contributed by atoms with Gasteiger partial charge in [-0.15, -0.1) is 0 Å². The molecule has 4 saturated carbocycles. The smallest absolute Gasteiger partial charge is 0.263 e. The van der Waals surface area contributed by atoms with Crippen LogP contribution in [0.4, 0.5) is 39.5 Å². The number of hydrogen-bond donors (Lipinski definition) is 0. The third kappa shape index (κ3) is 6.62. The summed E-state index contributed by atoms with van der Waals surface area (Å²) < 4.78 is 203. The van der Waals surface area contributed by atoms with E-state index in [1.54, 1.807) is 0 Å². The summed E-state index contributed by atoms with van der Waals surface area (Å²) in [7, 11) is -18.7. The summed E-state index contributed by atoms with van der Waals surface area (Å²) in [6, 6.07) is 6.03. The number of halogens is 10. The highest BCUT2D eigenvalue weighted by Gasteiger charge is 2.70. The van der Waals surface area contributed by atoms with Crippen LogP contribution in [0, 0.1) is 16.2 Å². The average Bonchev–Trinajstić information content (AvgIpc) is 2.83. The van der Waals surface area contributed by atoms with Gasteiger partial charge in [0, 0.05) is 4.47 Å². The Labute approximate surface area is 253 Å². The second-order valence-electron chi connectivity index (χ2n) is 11.8. The molecular weight excluding hydrogens is 755 g/mol. The molecule has 0 aliphatic heterocycles. The lowest BCUT2D eigenvalue weighted by atomic mass is 9.35. The summed E-state index contributed by atoms with van der Waals surface area (Å²) in [5, 5.41) is 0. The average molecular weight is 777 g/mol. The molecule has 0 spiro atoms. The number of benzene rings is 1.